The lowest BCUT2D eigenvalue weighted by atomic mass is 9.81. The summed E-state index contributed by atoms with van der Waals surface area (Å²) in [5.41, 5.74) is 2.28. The Bertz CT molecular complexity index is 648. The molecule has 1 heterocycles. The molecule has 0 unspecified atom stereocenters. The van der Waals surface area contributed by atoms with Gasteiger partial charge in [-0.05, 0) is 37.0 Å². The highest BCUT2D eigenvalue weighted by Crippen LogP contribution is 2.30. The molecule has 1 amide bonds. The standard InChI is InChI=1S/C20H26N2O3/c1-25-20(24)17-8-5-7-16(13-17)19(23)21-14-15-6-4-9-18(12-15)22-10-2-3-11-22/h2-4,6,9,12,16-17H,5,7-8,10-11,13-14H2,1H3,(H,21,23)/t16-,17+/m0/s1. The van der Waals surface area contributed by atoms with Gasteiger partial charge < -0.3 is 15.0 Å². The summed E-state index contributed by atoms with van der Waals surface area (Å²) in [5, 5.41) is 3.04. The second-order valence-electron chi connectivity index (χ2n) is 6.85. The van der Waals surface area contributed by atoms with Crippen LogP contribution in [-0.2, 0) is 20.9 Å². The monoisotopic (exact) mass is 342 g/mol. The second-order valence-corrected chi connectivity index (χ2v) is 6.85. The molecule has 2 atom stereocenters. The number of carbonyl (C=O) groups is 2. The van der Waals surface area contributed by atoms with E-state index < -0.39 is 0 Å². The Morgan fingerprint density at radius 2 is 1.96 bits per heavy atom. The fourth-order valence-corrected chi connectivity index (χ4v) is 3.69. The molecule has 0 radical (unpaired) electrons. The van der Waals surface area contributed by atoms with Gasteiger partial charge in [0.05, 0.1) is 13.0 Å². The van der Waals surface area contributed by atoms with E-state index in [-0.39, 0.29) is 23.7 Å². The van der Waals surface area contributed by atoms with E-state index in [1.807, 2.05) is 12.1 Å². The molecule has 1 fully saturated rings. The smallest absolute Gasteiger partial charge is 0.308 e. The number of ether oxygens (including phenoxy) is 1. The zero-order valence-corrected chi connectivity index (χ0v) is 14.7. The number of esters is 1. The fraction of sp³-hybridized carbons (Fsp3) is 0.500. The van der Waals surface area contributed by atoms with Gasteiger partial charge in [-0.2, -0.15) is 0 Å². The minimum absolute atomic E-state index is 0.0434. The maximum absolute atomic E-state index is 12.5. The van der Waals surface area contributed by atoms with E-state index in [1.165, 1.54) is 12.8 Å². The molecular weight excluding hydrogens is 316 g/mol. The van der Waals surface area contributed by atoms with Crippen LogP contribution in [0.4, 0.5) is 5.69 Å². The molecule has 1 aromatic rings. The molecule has 1 saturated carbocycles. The van der Waals surface area contributed by atoms with Gasteiger partial charge in [0.25, 0.3) is 0 Å². The molecule has 5 nitrogen and oxygen atoms in total. The fourth-order valence-electron chi connectivity index (χ4n) is 3.69. The predicted molar refractivity (Wildman–Crippen MR) is 97.1 cm³/mol. The Kier molecular flexibility index (Phi) is 5.74. The van der Waals surface area contributed by atoms with E-state index in [0.717, 1.165) is 37.9 Å². The van der Waals surface area contributed by atoms with Crippen molar-refractivity contribution in [1.29, 1.82) is 0 Å². The van der Waals surface area contributed by atoms with Crippen molar-refractivity contribution in [3.63, 3.8) is 0 Å². The van der Waals surface area contributed by atoms with Crippen molar-refractivity contribution in [3.05, 3.63) is 42.0 Å². The van der Waals surface area contributed by atoms with Crippen LogP contribution >= 0.6 is 0 Å². The van der Waals surface area contributed by atoms with Gasteiger partial charge >= 0.3 is 5.97 Å². The molecule has 25 heavy (non-hydrogen) atoms. The number of nitrogens with zero attached hydrogens (tertiary/aromatic N) is 1. The average molecular weight is 342 g/mol. The van der Waals surface area contributed by atoms with Crippen LogP contribution in [0.15, 0.2) is 36.4 Å². The minimum atomic E-state index is -0.190. The Hall–Kier alpha value is -2.30. The van der Waals surface area contributed by atoms with E-state index >= 15 is 0 Å². The lowest BCUT2D eigenvalue weighted by Crippen LogP contribution is -2.35. The summed E-state index contributed by atoms with van der Waals surface area (Å²) in [7, 11) is 1.41. The summed E-state index contributed by atoms with van der Waals surface area (Å²) in [5.74, 6) is -0.379. The van der Waals surface area contributed by atoms with Crippen LogP contribution in [0.2, 0.25) is 0 Å². The van der Waals surface area contributed by atoms with Crippen molar-refractivity contribution in [3.8, 4) is 0 Å². The number of nitrogens with one attached hydrogen (secondary N) is 1. The van der Waals surface area contributed by atoms with Gasteiger partial charge in [-0.15, -0.1) is 0 Å². The van der Waals surface area contributed by atoms with Gasteiger partial charge in [0.1, 0.15) is 0 Å². The van der Waals surface area contributed by atoms with Crippen LogP contribution in [-0.4, -0.2) is 32.1 Å². The third kappa shape index (κ3) is 4.41. The molecule has 1 aliphatic heterocycles. The quantitative estimate of drug-likeness (QED) is 0.660. The van der Waals surface area contributed by atoms with Crippen LogP contribution < -0.4 is 10.2 Å². The molecule has 0 saturated heterocycles. The highest BCUT2D eigenvalue weighted by atomic mass is 16.5. The van der Waals surface area contributed by atoms with Gasteiger partial charge in [-0.1, -0.05) is 30.7 Å². The summed E-state index contributed by atoms with van der Waals surface area (Å²) in [4.78, 5) is 26.5. The minimum Gasteiger partial charge on any atom is -0.469 e. The van der Waals surface area contributed by atoms with Gasteiger partial charge in [-0.25, -0.2) is 0 Å². The van der Waals surface area contributed by atoms with Crippen molar-refractivity contribution < 1.29 is 14.3 Å². The van der Waals surface area contributed by atoms with E-state index in [0.29, 0.717) is 13.0 Å². The SMILES string of the molecule is COC(=O)[C@@H]1CCC[C@H](C(=O)NCc2cccc(N3CC=CC3)c2)C1. The number of anilines is 1. The molecule has 0 spiro atoms. The molecule has 5 heteroatoms. The Morgan fingerprint density at radius 3 is 2.72 bits per heavy atom. The maximum atomic E-state index is 12.5. The first kappa shape index (κ1) is 17.5. The van der Waals surface area contributed by atoms with Crippen molar-refractivity contribution in [2.45, 2.75) is 32.2 Å². The largest absolute Gasteiger partial charge is 0.469 e. The number of hydrogen-bond acceptors (Lipinski definition) is 4. The lowest BCUT2D eigenvalue weighted by molar-refractivity contribution is -0.147. The van der Waals surface area contributed by atoms with Crippen LogP contribution in [0.3, 0.4) is 0 Å². The number of benzene rings is 1. The van der Waals surface area contributed by atoms with Crippen LogP contribution in [0, 0.1) is 11.8 Å². The van der Waals surface area contributed by atoms with Crippen molar-refractivity contribution >= 4 is 17.6 Å². The summed E-state index contributed by atoms with van der Waals surface area (Å²) in [6, 6.07) is 8.29. The summed E-state index contributed by atoms with van der Waals surface area (Å²) < 4.78 is 4.83. The van der Waals surface area contributed by atoms with E-state index in [2.05, 4.69) is 34.5 Å². The molecular formula is C20H26N2O3. The first-order valence-corrected chi connectivity index (χ1v) is 9.02. The third-order valence-electron chi connectivity index (χ3n) is 5.14. The van der Waals surface area contributed by atoms with Gasteiger partial charge in [0, 0.05) is 31.2 Å². The third-order valence-corrected chi connectivity index (χ3v) is 5.14. The van der Waals surface area contributed by atoms with Crippen molar-refractivity contribution in [2.24, 2.45) is 11.8 Å². The lowest BCUT2D eigenvalue weighted by Gasteiger charge is -2.26. The highest BCUT2D eigenvalue weighted by Gasteiger charge is 2.31. The first-order chi connectivity index (χ1) is 12.2. The molecule has 134 valence electrons. The number of amides is 1. The van der Waals surface area contributed by atoms with Crippen molar-refractivity contribution in [1.82, 2.24) is 5.32 Å². The van der Waals surface area contributed by atoms with Gasteiger partial charge in [-0.3, -0.25) is 9.59 Å². The number of rotatable bonds is 5. The zero-order valence-electron chi connectivity index (χ0n) is 14.7. The number of methoxy groups -OCH3 is 1. The molecule has 1 aliphatic carbocycles. The summed E-state index contributed by atoms with van der Waals surface area (Å²) in [6.45, 7) is 2.40. The number of carbonyl (C=O) groups excluding carboxylic acids is 2. The van der Waals surface area contributed by atoms with Gasteiger partial charge in [0.15, 0.2) is 0 Å². The Labute approximate surface area is 149 Å². The molecule has 1 N–H and O–H groups in total. The number of hydrogen-bond donors (Lipinski definition) is 1. The molecule has 0 aromatic heterocycles. The van der Waals surface area contributed by atoms with E-state index in [1.54, 1.807) is 0 Å². The Morgan fingerprint density at radius 1 is 1.20 bits per heavy atom. The van der Waals surface area contributed by atoms with Crippen molar-refractivity contribution in [2.75, 3.05) is 25.1 Å². The predicted octanol–water partition coefficient (Wildman–Crippen LogP) is 2.66. The van der Waals surface area contributed by atoms with E-state index in [4.69, 9.17) is 4.74 Å². The zero-order chi connectivity index (χ0) is 17.6. The van der Waals surface area contributed by atoms with Crippen LogP contribution in [0.5, 0.6) is 0 Å². The molecule has 1 aromatic carbocycles. The molecule has 3 rings (SSSR count). The molecule has 0 bridgehead atoms. The van der Waals surface area contributed by atoms with Gasteiger partial charge in [0.2, 0.25) is 5.91 Å². The second kappa shape index (κ2) is 8.19. The average Bonchev–Trinajstić information content (AvgIpc) is 3.20. The van der Waals surface area contributed by atoms with E-state index in [9.17, 15) is 9.59 Å². The summed E-state index contributed by atoms with van der Waals surface area (Å²) >= 11 is 0. The Balaban J connectivity index is 1.53. The highest BCUT2D eigenvalue weighted by molar-refractivity contribution is 5.80. The maximum Gasteiger partial charge on any atom is 0.308 e. The summed E-state index contributed by atoms with van der Waals surface area (Å²) in [6.07, 6.45) is 7.49. The van der Waals surface area contributed by atoms with Crippen LogP contribution in [0.25, 0.3) is 0 Å². The normalized spacial score (nSPS) is 22.7. The molecule has 2 aliphatic rings. The van der Waals surface area contributed by atoms with Crippen LogP contribution in [0.1, 0.15) is 31.2 Å². The topological polar surface area (TPSA) is 58.6 Å². The first-order valence-electron chi connectivity index (χ1n) is 9.02.